The summed E-state index contributed by atoms with van der Waals surface area (Å²) in [5.74, 6) is 6.22. The molecule has 0 spiro atoms. The average Bonchev–Trinajstić information content (AvgIpc) is 2.25. The number of carbonyl (C=O) groups excluding carboxylic acids is 1. The van der Waals surface area contributed by atoms with Crippen LogP contribution >= 0.6 is 0 Å². The molecule has 3 heteroatoms. The van der Waals surface area contributed by atoms with Gasteiger partial charge in [0.25, 0.3) is 0 Å². The zero-order valence-corrected chi connectivity index (χ0v) is 10.8. The van der Waals surface area contributed by atoms with E-state index in [1.54, 1.807) is 0 Å². The average molecular weight is 222 g/mol. The Hall–Kier alpha value is -1.01. The van der Waals surface area contributed by atoms with Gasteiger partial charge in [0.1, 0.15) is 0 Å². The Bertz CT molecular complexity index is 298. The molecule has 0 unspecified atom stereocenters. The van der Waals surface area contributed by atoms with Crippen molar-refractivity contribution in [3.05, 3.63) is 0 Å². The smallest absolute Gasteiger partial charge is 0.228 e. The van der Waals surface area contributed by atoms with Crippen LogP contribution in [-0.4, -0.2) is 48.4 Å². The molecule has 1 aliphatic rings. The molecule has 90 valence electrons. The third-order valence-corrected chi connectivity index (χ3v) is 2.78. The van der Waals surface area contributed by atoms with E-state index in [1.807, 2.05) is 32.6 Å². The Kier molecular flexibility index (Phi) is 4.37. The second-order valence-corrected chi connectivity index (χ2v) is 5.25. The van der Waals surface area contributed by atoms with Crippen molar-refractivity contribution in [1.29, 1.82) is 0 Å². The monoisotopic (exact) mass is 222 g/mol. The molecule has 1 saturated heterocycles. The SMILES string of the molecule is CC#CCN1CCN(C(=O)C(C)(C)C)CC1. The van der Waals surface area contributed by atoms with Crippen LogP contribution in [0.25, 0.3) is 0 Å². The highest BCUT2D eigenvalue weighted by Gasteiger charge is 2.29. The molecule has 0 radical (unpaired) electrons. The van der Waals surface area contributed by atoms with Crippen molar-refractivity contribution in [3.8, 4) is 11.8 Å². The predicted molar refractivity (Wildman–Crippen MR) is 65.9 cm³/mol. The molecule has 0 aromatic carbocycles. The van der Waals surface area contributed by atoms with Crippen molar-refractivity contribution < 1.29 is 4.79 Å². The lowest BCUT2D eigenvalue weighted by molar-refractivity contribution is -0.141. The number of hydrogen-bond acceptors (Lipinski definition) is 2. The summed E-state index contributed by atoms with van der Waals surface area (Å²) in [4.78, 5) is 16.3. The van der Waals surface area contributed by atoms with E-state index in [0.717, 1.165) is 32.7 Å². The second-order valence-electron chi connectivity index (χ2n) is 5.25. The number of piperazine rings is 1. The van der Waals surface area contributed by atoms with E-state index in [9.17, 15) is 4.79 Å². The first kappa shape index (κ1) is 13.1. The highest BCUT2D eigenvalue weighted by molar-refractivity contribution is 5.81. The number of rotatable bonds is 1. The molecule has 0 atom stereocenters. The highest BCUT2D eigenvalue weighted by Crippen LogP contribution is 2.18. The Labute approximate surface area is 98.8 Å². The van der Waals surface area contributed by atoms with Gasteiger partial charge >= 0.3 is 0 Å². The fourth-order valence-corrected chi connectivity index (χ4v) is 1.77. The standard InChI is InChI=1S/C13H22N2O/c1-5-6-7-14-8-10-15(11-9-14)12(16)13(2,3)4/h7-11H2,1-4H3. The van der Waals surface area contributed by atoms with E-state index in [2.05, 4.69) is 16.7 Å². The van der Waals surface area contributed by atoms with Crippen LogP contribution in [0.4, 0.5) is 0 Å². The van der Waals surface area contributed by atoms with Crippen LogP contribution in [0.2, 0.25) is 0 Å². The molecule has 16 heavy (non-hydrogen) atoms. The first-order valence-corrected chi connectivity index (χ1v) is 5.86. The maximum absolute atomic E-state index is 12.0. The zero-order valence-electron chi connectivity index (χ0n) is 10.8. The lowest BCUT2D eigenvalue weighted by atomic mass is 9.94. The van der Waals surface area contributed by atoms with Crippen LogP contribution in [0.1, 0.15) is 27.7 Å². The van der Waals surface area contributed by atoms with E-state index in [-0.39, 0.29) is 11.3 Å². The van der Waals surface area contributed by atoms with Crippen molar-refractivity contribution >= 4 is 5.91 Å². The maximum atomic E-state index is 12.0. The molecule has 0 aliphatic carbocycles. The van der Waals surface area contributed by atoms with Crippen LogP contribution in [0, 0.1) is 17.3 Å². The summed E-state index contributed by atoms with van der Waals surface area (Å²) in [7, 11) is 0. The molecule has 1 rings (SSSR count). The minimum atomic E-state index is -0.259. The summed E-state index contributed by atoms with van der Waals surface area (Å²) < 4.78 is 0. The van der Waals surface area contributed by atoms with Crippen molar-refractivity contribution in [1.82, 2.24) is 9.80 Å². The first-order chi connectivity index (χ1) is 7.45. The summed E-state index contributed by atoms with van der Waals surface area (Å²) in [6, 6.07) is 0. The summed E-state index contributed by atoms with van der Waals surface area (Å²) in [6.07, 6.45) is 0. The molecule has 1 heterocycles. The molecule has 0 saturated carbocycles. The Balaban J connectivity index is 2.42. The molecule has 0 aromatic heterocycles. The van der Waals surface area contributed by atoms with Crippen LogP contribution in [-0.2, 0) is 4.79 Å². The summed E-state index contributed by atoms with van der Waals surface area (Å²) in [6.45, 7) is 12.2. The minimum Gasteiger partial charge on any atom is -0.340 e. The molecule has 1 amide bonds. The van der Waals surface area contributed by atoms with E-state index in [4.69, 9.17) is 0 Å². The third-order valence-electron chi connectivity index (χ3n) is 2.78. The molecule has 1 fully saturated rings. The van der Waals surface area contributed by atoms with Crippen molar-refractivity contribution in [2.75, 3.05) is 32.7 Å². The minimum absolute atomic E-state index is 0.258. The largest absolute Gasteiger partial charge is 0.340 e. The number of amides is 1. The lowest BCUT2D eigenvalue weighted by Crippen LogP contribution is -2.51. The van der Waals surface area contributed by atoms with Gasteiger partial charge in [0, 0.05) is 31.6 Å². The van der Waals surface area contributed by atoms with Gasteiger partial charge in [-0.2, -0.15) is 0 Å². The van der Waals surface area contributed by atoms with Gasteiger partial charge in [0.05, 0.1) is 6.54 Å². The summed E-state index contributed by atoms with van der Waals surface area (Å²) in [5.41, 5.74) is -0.259. The summed E-state index contributed by atoms with van der Waals surface area (Å²) in [5, 5.41) is 0. The van der Waals surface area contributed by atoms with Gasteiger partial charge in [-0.1, -0.05) is 26.7 Å². The molecule has 0 N–H and O–H groups in total. The Morgan fingerprint density at radius 3 is 2.19 bits per heavy atom. The Morgan fingerprint density at radius 2 is 1.75 bits per heavy atom. The molecule has 3 nitrogen and oxygen atoms in total. The highest BCUT2D eigenvalue weighted by atomic mass is 16.2. The van der Waals surface area contributed by atoms with Gasteiger partial charge in [-0.3, -0.25) is 9.69 Å². The van der Waals surface area contributed by atoms with E-state index < -0.39 is 0 Å². The van der Waals surface area contributed by atoms with Crippen LogP contribution in [0.5, 0.6) is 0 Å². The fourth-order valence-electron chi connectivity index (χ4n) is 1.77. The van der Waals surface area contributed by atoms with Gasteiger partial charge in [0.15, 0.2) is 0 Å². The van der Waals surface area contributed by atoms with Gasteiger partial charge in [-0.25, -0.2) is 0 Å². The molecule has 0 bridgehead atoms. The lowest BCUT2D eigenvalue weighted by Gasteiger charge is -2.36. The number of hydrogen-bond donors (Lipinski definition) is 0. The van der Waals surface area contributed by atoms with Crippen LogP contribution in [0.3, 0.4) is 0 Å². The molecular weight excluding hydrogens is 200 g/mol. The maximum Gasteiger partial charge on any atom is 0.228 e. The van der Waals surface area contributed by atoms with Crippen molar-refractivity contribution in [2.45, 2.75) is 27.7 Å². The van der Waals surface area contributed by atoms with Crippen molar-refractivity contribution in [3.63, 3.8) is 0 Å². The van der Waals surface area contributed by atoms with Gasteiger partial charge in [-0.15, -0.1) is 5.92 Å². The quantitative estimate of drug-likeness (QED) is 0.622. The molecular formula is C13H22N2O. The number of carbonyl (C=O) groups is 1. The van der Waals surface area contributed by atoms with Gasteiger partial charge < -0.3 is 4.90 Å². The molecule has 0 aromatic rings. The van der Waals surface area contributed by atoms with E-state index in [0.29, 0.717) is 0 Å². The van der Waals surface area contributed by atoms with E-state index >= 15 is 0 Å². The third kappa shape index (κ3) is 3.53. The topological polar surface area (TPSA) is 23.6 Å². The fraction of sp³-hybridized carbons (Fsp3) is 0.769. The van der Waals surface area contributed by atoms with Crippen LogP contribution < -0.4 is 0 Å². The van der Waals surface area contributed by atoms with E-state index in [1.165, 1.54) is 0 Å². The van der Waals surface area contributed by atoms with Crippen molar-refractivity contribution in [2.24, 2.45) is 5.41 Å². The zero-order chi connectivity index (χ0) is 12.2. The predicted octanol–water partition coefficient (Wildman–Crippen LogP) is 1.20. The first-order valence-electron chi connectivity index (χ1n) is 5.86. The van der Waals surface area contributed by atoms with Gasteiger partial charge in [-0.05, 0) is 6.92 Å². The van der Waals surface area contributed by atoms with Crippen LogP contribution in [0.15, 0.2) is 0 Å². The van der Waals surface area contributed by atoms with Gasteiger partial charge in [0.2, 0.25) is 5.91 Å². The number of nitrogens with zero attached hydrogens (tertiary/aromatic N) is 2. The molecule has 1 aliphatic heterocycles. The normalized spacial score (nSPS) is 17.9. The Morgan fingerprint density at radius 1 is 1.19 bits per heavy atom. The summed E-state index contributed by atoms with van der Waals surface area (Å²) >= 11 is 0. The second kappa shape index (κ2) is 5.36.